The summed E-state index contributed by atoms with van der Waals surface area (Å²) in [6.07, 6.45) is 1.44. The number of halogens is 1. The minimum absolute atomic E-state index is 0.130. The number of amides is 2. The van der Waals surface area contributed by atoms with E-state index in [9.17, 15) is 9.59 Å². The Bertz CT molecular complexity index is 727. The second-order valence-corrected chi connectivity index (χ2v) is 5.42. The number of ether oxygens (including phenoxy) is 1. The van der Waals surface area contributed by atoms with Gasteiger partial charge in [-0.25, -0.2) is 0 Å². The molecule has 2 rings (SSSR count). The minimum Gasteiger partial charge on any atom is -0.495 e. The zero-order chi connectivity index (χ0) is 17.0. The third-order valence-corrected chi connectivity index (χ3v) is 3.45. The Morgan fingerprint density at radius 1 is 1.35 bits per heavy atom. The Hall–Kier alpha value is -2.47. The second kappa shape index (κ2) is 7.19. The number of methoxy groups -OCH3 is 1. The van der Waals surface area contributed by atoms with Crippen LogP contribution < -0.4 is 10.1 Å². The average molecular weight is 337 g/mol. The summed E-state index contributed by atoms with van der Waals surface area (Å²) in [6, 6.07) is 6.58. The van der Waals surface area contributed by atoms with Gasteiger partial charge in [0.05, 0.1) is 25.6 Å². The fourth-order valence-corrected chi connectivity index (χ4v) is 2.19. The molecule has 0 unspecified atom stereocenters. The van der Waals surface area contributed by atoms with E-state index < -0.39 is 0 Å². The van der Waals surface area contributed by atoms with Crippen molar-refractivity contribution in [2.45, 2.75) is 6.92 Å². The summed E-state index contributed by atoms with van der Waals surface area (Å²) in [5.74, 6) is -0.0226. The zero-order valence-electron chi connectivity index (χ0n) is 13.1. The molecular formula is C16H17ClN2O4. The van der Waals surface area contributed by atoms with Gasteiger partial charge in [-0.1, -0.05) is 11.6 Å². The number of nitrogens with one attached hydrogen (secondary N) is 1. The van der Waals surface area contributed by atoms with E-state index in [1.807, 2.05) is 0 Å². The van der Waals surface area contributed by atoms with Crippen molar-refractivity contribution in [1.29, 1.82) is 0 Å². The maximum absolute atomic E-state index is 12.2. The van der Waals surface area contributed by atoms with Crippen LogP contribution in [0.3, 0.4) is 0 Å². The number of anilines is 1. The molecule has 0 fully saturated rings. The van der Waals surface area contributed by atoms with Crippen molar-refractivity contribution in [3.05, 3.63) is 46.9 Å². The van der Waals surface area contributed by atoms with Gasteiger partial charge in [-0.3, -0.25) is 9.59 Å². The lowest BCUT2D eigenvalue weighted by molar-refractivity contribution is -0.116. The first-order valence-electron chi connectivity index (χ1n) is 6.85. The molecule has 1 heterocycles. The van der Waals surface area contributed by atoms with Crippen LogP contribution in [0.1, 0.15) is 16.1 Å². The van der Waals surface area contributed by atoms with Crippen molar-refractivity contribution < 1.29 is 18.7 Å². The van der Waals surface area contributed by atoms with Crippen LogP contribution in [0.5, 0.6) is 5.75 Å². The Kier molecular flexibility index (Phi) is 5.28. The number of hydrogen-bond donors (Lipinski definition) is 1. The molecule has 0 spiro atoms. The van der Waals surface area contributed by atoms with Crippen LogP contribution in [0.2, 0.25) is 5.02 Å². The summed E-state index contributed by atoms with van der Waals surface area (Å²) >= 11 is 5.91. The first-order chi connectivity index (χ1) is 10.9. The average Bonchev–Trinajstić information content (AvgIpc) is 2.92. The number of rotatable bonds is 5. The van der Waals surface area contributed by atoms with Gasteiger partial charge in [0.25, 0.3) is 5.91 Å². The monoisotopic (exact) mass is 336 g/mol. The van der Waals surface area contributed by atoms with Crippen molar-refractivity contribution in [3.8, 4) is 5.75 Å². The Labute approximate surface area is 139 Å². The van der Waals surface area contributed by atoms with E-state index in [2.05, 4.69) is 5.32 Å². The molecule has 7 heteroatoms. The predicted molar refractivity (Wildman–Crippen MR) is 87.0 cm³/mol. The van der Waals surface area contributed by atoms with Gasteiger partial charge in [-0.15, -0.1) is 0 Å². The molecular weight excluding hydrogens is 320 g/mol. The van der Waals surface area contributed by atoms with Gasteiger partial charge in [-0.2, -0.15) is 0 Å². The molecule has 1 N–H and O–H groups in total. The third-order valence-electron chi connectivity index (χ3n) is 3.22. The quantitative estimate of drug-likeness (QED) is 0.911. The molecule has 0 radical (unpaired) electrons. The van der Waals surface area contributed by atoms with E-state index in [0.717, 1.165) is 5.56 Å². The second-order valence-electron chi connectivity index (χ2n) is 4.99. The number of aryl methyl sites for hydroxylation is 1. The Morgan fingerprint density at radius 3 is 2.70 bits per heavy atom. The van der Waals surface area contributed by atoms with Crippen LogP contribution in [0.25, 0.3) is 0 Å². The molecule has 2 amide bonds. The van der Waals surface area contributed by atoms with Crippen molar-refractivity contribution in [3.63, 3.8) is 0 Å². The van der Waals surface area contributed by atoms with Crippen molar-refractivity contribution in [2.24, 2.45) is 0 Å². The molecule has 0 bridgehead atoms. The molecule has 1 aromatic carbocycles. The standard InChI is InChI=1S/C16H17ClN2O4/c1-10-6-7-23-15(10)16(21)19(2)9-14(20)18-12-8-11(17)4-5-13(12)22-3/h4-8H,9H2,1-3H3,(H,18,20). The lowest BCUT2D eigenvalue weighted by Gasteiger charge is -2.17. The summed E-state index contributed by atoms with van der Waals surface area (Å²) in [4.78, 5) is 25.6. The molecule has 0 aliphatic carbocycles. The highest BCUT2D eigenvalue weighted by atomic mass is 35.5. The molecule has 0 aliphatic rings. The van der Waals surface area contributed by atoms with E-state index in [1.165, 1.54) is 25.3 Å². The summed E-state index contributed by atoms with van der Waals surface area (Å²) in [5.41, 5.74) is 1.17. The molecule has 6 nitrogen and oxygen atoms in total. The lowest BCUT2D eigenvalue weighted by Crippen LogP contribution is -2.35. The zero-order valence-corrected chi connectivity index (χ0v) is 13.8. The normalized spacial score (nSPS) is 10.3. The minimum atomic E-state index is -0.370. The number of carbonyl (C=O) groups is 2. The van der Waals surface area contributed by atoms with Crippen molar-refractivity contribution in [2.75, 3.05) is 26.0 Å². The van der Waals surface area contributed by atoms with Gasteiger partial charge >= 0.3 is 0 Å². The lowest BCUT2D eigenvalue weighted by atomic mass is 10.2. The highest BCUT2D eigenvalue weighted by Gasteiger charge is 2.20. The van der Waals surface area contributed by atoms with Crippen LogP contribution in [-0.4, -0.2) is 37.4 Å². The summed E-state index contributed by atoms with van der Waals surface area (Å²) in [7, 11) is 3.02. The number of likely N-dealkylation sites (N-methyl/N-ethyl adjacent to an activating group) is 1. The van der Waals surface area contributed by atoms with Crippen molar-refractivity contribution >= 4 is 29.1 Å². The van der Waals surface area contributed by atoms with Crippen LogP contribution in [0.4, 0.5) is 5.69 Å². The highest BCUT2D eigenvalue weighted by Crippen LogP contribution is 2.27. The smallest absolute Gasteiger partial charge is 0.290 e. The number of nitrogens with zero attached hydrogens (tertiary/aromatic N) is 1. The SMILES string of the molecule is COc1ccc(Cl)cc1NC(=O)CN(C)C(=O)c1occc1C. The molecule has 2 aromatic rings. The van der Waals surface area contributed by atoms with E-state index in [-0.39, 0.29) is 24.1 Å². The third kappa shape index (κ3) is 4.04. The summed E-state index contributed by atoms with van der Waals surface area (Å²) < 4.78 is 10.3. The first-order valence-corrected chi connectivity index (χ1v) is 7.23. The number of hydrogen-bond acceptors (Lipinski definition) is 4. The molecule has 23 heavy (non-hydrogen) atoms. The fraction of sp³-hybridized carbons (Fsp3) is 0.250. The van der Waals surface area contributed by atoms with Gasteiger partial charge in [-0.05, 0) is 31.2 Å². The van der Waals surface area contributed by atoms with Gasteiger partial charge in [0.2, 0.25) is 5.91 Å². The number of carbonyl (C=O) groups excluding carboxylic acids is 2. The molecule has 0 aliphatic heterocycles. The summed E-state index contributed by atoms with van der Waals surface area (Å²) in [6.45, 7) is 1.64. The summed E-state index contributed by atoms with van der Waals surface area (Å²) in [5, 5.41) is 3.14. The van der Waals surface area contributed by atoms with Gasteiger partial charge in [0.1, 0.15) is 5.75 Å². The topological polar surface area (TPSA) is 71.8 Å². The van der Waals surface area contributed by atoms with Crippen LogP contribution >= 0.6 is 11.6 Å². The molecule has 0 saturated heterocycles. The van der Waals surface area contributed by atoms with Gasteiger partial charge in [0, 0.05) is 17.6 Å². The van der Waals surface area contributed by atoms with E-state index in [0.29, 0.717) is 16.5 Å². The van der Waals surface area contributed by atoms with E-state index >= 15 is 0 Å². The maximum atomic E-state index is 12.2. The van der Waals surface area contributed by atoms with Crippen LogP contribution in [-0.2, 0) is 4.79 Å². The molecule has 0 atom stereocenters. The van der Waals surface area contributed by atoms with Gasteiger partial charge < -0.3 is 19.4 Å². The Morgan fingerprint density at radius 2 is 2.09 bits per heavy atom. The van der Waals surface area contributed by atoms with Crippen LogP contribution in [0, 0.1) is 6.92 Å². The van der Waals surface area contributed by atoms with E-state index in [1.54, 1.807) is 31.2 Å². The Balaban J connectivity index is 2.03. The van der Waals surface area contributed by atoms with Crippen LogP contribution in [0.15, 0.2) is 34.9 Å². The van der Waals surface area contributed by atoms with Gasteiger partial charge in [0.15, 0.2) is 5.76 Å². The molecule has 122 valence electrons. The fourth-order valence-electron chi connectivity index (χ4n) is 2.02. The predicted octanol–water partition coefficient (Wildman–Crippen LogP) is 2.96. The highest BCUT2D eigenvalue weighted by molar-refractivity contribution is 6.31. The number of benzene rings is 1. The largest absolute Gasteiger partial charge is 0.495 e. The van der Waals surface area contributed by atoms with Crippen molar-refractivity contribution in [1.82, 2.24) is 4.90 Å². The first kappa shape index (κ1) is 16.9. The molecule has 0 saturated carbocycles. The number of furan rings is 1. The van der Waals surface area contributed by atoms with E-state index in [4.69, 9.17) is 20.8 Å². The molecule has 1 aromatic heterocycles. The maximum Gasteiger partial charge on any atom is 0.290 e.